The zero-order valence-corrected chi connectivity index (χ0v) is 16.8. The molecule has 0 atom stereocenters. The molecule has 2 aromatic heterocycles. The minimum Gasteiger partial charge on any atom is -0.493 e. The highest BCUT2D eigenvalue weighted by Crippen LogP contribution is 2.41. The first-order chi connectivity index (χ1) is 13.1. The second-order valence-electron chi connectivity index (χ2n) is 5.70. The van der Waals surface area contributed by atoms with Crippen molar-refractivity contribution in [1.29, 1.82) is 0 Å². The van der Waals surface area contributed by atoms with Crippen molar-refractivity contribution >= 4 is 39.0 Å². The minimum atomic E-state index is 0.219. The standard InChI is InChI=1S/C20H20ClN3O2S/c1-5-9-24(10-6-2)18-17-14(12-27-19(17)23-20(21)22-18)13-7-8-15(25-3)16(11-13)26-4/h5-8,11-12H,1-2,9-10H2,3-4H3. The summed E-state index contributed by atoms with van der Waals surface area (Å²) in [5, 5.41) is 3.22. The molecule has 1 aromatic carbocycles. The van der Waals surface area contributed by atoms with Gasteiger partial charge in [0.15, 0.2) is 11.5 Å². The number of anilines is 1. The number of rotatable bonds is 8. The van der Waals surface area contributed by atoms with Crippen LogP contribution in [-0.2, 0) is 0 Å². The number of thiophene rings is 1. The molecule has 0 saturated carbocycles. The van der Waals surface area contributed by atoms with Crippen LogP contribution in [0.4, 0.5) is 5.82 Å². The summed E-state index contributed by atoms with van der Waals surface area (Å²) in [4.78, 5) is 11.8. The van der Waals surface area contributed by atoms with Gasteiger partial charge in [-0.2, -0.15) is 4.98 Å². The fourth-order valence-electron chi connectivity index (χ4n) is 2.90. The zero-order valence-electron chi connectivity index (χ0n) is 15.2. The molecule has 0 saturated heterocycles. The summed E-state index contributed by atoms with van der Waals surface area (Å²) in [6, 6.07) is 5.83. The van der Waals surface area contributed by atoms with Gasteiger partial charge in [-0.05, 0) is 29.3 Å². The van der Waals surface area contributed by atoms with Gasteiger partial charge in [-0.1, -0.05) is 18.2 Å². The van der Waals surface area contributed by atoms with Gasteiger partial charge in [-0.25, -0.2) is 4.98 Å². The molecular weight excluding hydrogens is 382 g/mol. The molecule has 140 valence electrons. The minimum absolute atomic E-state index is 0.219. The van der Waals surface area contributed by atoms with Crippen LogP contribution in [0, 0.1) is 0 Å². The molecule has 0 bridgehead atoms. The summed E-state index contributed by atoms with van der Waals surface area (Å²) in [6.07, 6.45) is 3.65. The predicted octanol–water partition coefficient (Wildman–Crippen LogP) is 5.21. The maximum absolute atomic E-state index is 6.18. The lowest BCUT2D eigenvalue weighted by atomic mass is 10.0. The van der Waals surface area contributed by atoms with E-state index in [0.29, 0.717) is 24.6 Å². The fraction of sp³-hybridized carbons (Fsp3) is 0.200. The largest absolute Gasteiger partial charge is 0.493 e. The topological polar surface area (TPSA) is 47.5 Å². The Hall–Kier alpha value is -2.57. The van der Waals surface area contributed by atoms with Crippen molar-refractivity contribution in [1.82, 2.24) is 9.97 Å². The Bertz CT molecular complexity index is 977. The molecule has 0 spiro atoms. The lowest BCUT2D eigenvalue weighted by Gasteiger charge is -2.22. The van der Waals surface area contributed by atoms with Crippen LogP contribution in [0.3, 0.4) is 0 Å². The van der Waals surface area contributed by atoms with E-state index in [1.807, 2.05) is 30.4 Å². The van der Waals surface area contributed by atoms with E-state index in [1.165, 1.54) is 11.3 Å². The molecule has 0 aliphatic rings. The molecule has 0 fully saturated rings. The Balaban J connectivity index is 2.23. The molecule has 0 radical (unpaired) electrons. The molecule has 0 aliphatic heterocycles. The SMILES string of the molecule is C=CCN(CC=C)c1nc(Cl)nc2scc(-c3ccc(OC)c(OC)c3)c12. The lowest BCUT2D eigenvalue weighted by molar-refractivity contribution is 0.355. The van der Waals surface area contributed by atoms with Crippen molar-refractivity contribution in [3.8, 4) is 22.6 Å². The van der Waals surface area contributed by atoms with Crippen LogP contribution >= 0.6 is 22.9 Å². The van der Waals surface area contributed by atoms with Gasteiger partial charge in [-0.15, -0.1) is 24.5 Å². The van der Waals surface area contributed by atoms with E-state index in [1.54, 1.807) is 14.2 Å². The van der Waals surface area contributed by atoms with Gasteiger partial charge in [0.1, 0.15) is 10.6 Å². The summed E-state index contributed by atoms with van der Waals surface area (Å²) >= 11 is 7.71. The van der Waals surface area contributed by atoms with Gasteiger partial charge in [-0.3, -0.25) is 0 Å². The molecule has 0 aliphatic carbocycles. The molecule has 0 amide bonds. The van der Waals surface area contributed by atoms with E-state index in [-0.39, 0.29) is 5.28 Å². The average Bonchev–Trinajstić information content (AvgIpc) is 3.10. The first kappa shape index (κ1) is 19.2. The van der Waals surface area contributed by atoms with Crippen LogP contribution in [0.2, 0.25) is 5.28 Å². The van der Waals surface area contributed by atoms with Crippen molar-refractivity contribution in [2.75, 3.05) is 32.2 Å². The highest BCUT2D eigenvalue weighted by atomic mass is 35.5. The third-order valence-electron chi connectivity index (χ3n) is 4.08. The van der Waals surface area contributed by atoms with E-state index >= 15 is 0 Å². The summed E-state index contributed by atoms with van der Waals surface area (Å²) in [6.45, 7) is 8.92. The van der Waals surface area contributed by atoms with E-state index in [2.05, 4.69) is 33.4 Å². The zero-order chi connectivity index (χ0) is 19.4. The lowest BCUT2D eigenvalue weighted by Crippen LogP contribution is -2.24. The van der Waals surface area contributed by atoms with Crippen molar-refractivity contribution < 1.29 is 9.47 Å². The van der Waals surface area contributed by atoms with Crippen LogP contribution in [-0.4, -0.2) is 37.3 Å². The number of methoxy groups -OCH3 is 2. The highest BCUT2D eigenvalue weighted by Gasteiger charge is 2.19. The second-order valence-corrected chi connectivity index (χ2v) is 6.89. The van der Waals surface area contributed by atoms with Crippen LogP contribution in [0.25, 0.3) is 21.3 Å². The van der Waals surface area contributed by atoms with Gasteiger partial charge in [0.25, 0.3) is 0 Å². The smallest absolute Gasteiger partial charge is 0.225 e. The van der Waals surface area contributed by atoms with Crippen LogP contribution in [0.15, 0.2) is 48.9 Å². The highest BCUT2D eigenvalue weighted by molar-refractivity contribution is 7.17. The Kier molecular flexibility index (Phi) is 5.98. The third-order valence-corrected chi connectivity index (χ3v) is 5.12. The molecule has 2 heterocycles. The molecule has 0 N–H and O–H groups in total. The summed E-state index contributed by atoms with van der Waals surface area (Å²) in [7, 11) is 3.24. The van der Waals surface area contributed by atoms with Crippen molar-refractivity contribution in [2.45, 2.75) is 0 Å². The molecular formula is C20H20ClN3O2S. The Morgan fingerprint density at radius 1 is 1.11 bits per heavy atom. The molecule has 27 heavy (non-hydrogen) atoms. The number of fused-ring (bicyclic) bond motifs is 1. The second kappa shape index (κ2) is 8.41. The van der Waals surface area contributed by atoms with Crippen LogP contribution in [0.1, 0.15) is 0 Å². The van der Waals surface area contributed by atoms with Gasteiger partial charge in [0, 0.05) is 24.0 Å². The maximum atomic E-state index is 6.18. The van der Waals surface area contributed by atoms with Gasteiger partial charge in [0.2, 0.25) is 5.28 Å². The van der Waals surface area contributed by atoms with Crippen molar-refractivity contribution in [3.63, 3.8) is 0 Å². The van der Waals surface area contributed by atoms with E-state index in [0.717, 1.165) is 27.2 Å². The molecule has 0 unspecified atom stereocenters. The predicted molar refractivity (Wildman–Crippen MR) is 114 cm³/mol. The Labute approximate surface area is 167 Å². The number of nitrogens with zero attached hydrogens (tertiary/aromatic N) is 3. The van der Waals surface area contributed by atoms with Gasteiger partial charge in [0.05, 0.1) is 19.6 Å². The summed E-state index contributed by atoms with van der Waals surface area (Å²) in [5.74, 6) is 2.11. The van der Waals surface area contributed by atoms with Crippen molar-refractivity contribution in [3.05, 3.63) is 54.2 Å². The van der Waals surface area contributed by atoms with Crippen molar-refractivity contribution in [2.24, 2.45) is 0 Å². The number of benzene rings is 1. The Morgan fingerprint density at radius 3 is 2.44 bits per heavy atom. The molecule has 7 heteroatoms. The van der Waals surface area contributed by atoms with E-state index in [9.17, 15) is 0 Å². The normalized spacial score (nSPS) is 10.6. The number of aromatic nitrogens is 2. The average molecular weight is 402 g/mol. The number of hydrogen-bond donors (Lipinski definition) is 0. The van der Waals surface area contributed by atoms with E-state index < -0.39 is 0 Å². The fourth-order valence-corrected chi connectivity index (χ4v) is 4.06. The first-order valence-electron chi connectivity index (χ1n) is 8.26. The number of ether oxygens (including phenoxy) is 2. The quantitative estimate of drug-likeness (QED) is 0.383. The number of hydrogen-bond acceptors (Lipinski definition) is 6. The molecule has 5 nitrogen and oxygen atoms in total. The van der Waals surface area contributed by atoms with Crippen LogP contribution in [0.5, 0.6) is 11.5 Å². The Morgan fingerprint density at radius 2 is 1.81 bits per heavy atom. The van der Waals surface area contributed by atoms with E-state index in [4.69, 9.17) is 21.1 Å². The van der Waals surface area contributed by atoms with Crippen LogP contribution < -0.4 is 14.4 Å². The molecule has 3 rings (SSSR count). The maximum Gasteiger partial charge on any atom is 0.225 e. The third kappa shape index (κ3) is 3.77. The number of halogens is 1. The first-order valence-corrected chi connectivity index (χ1v) is 9.52. The van der Waals surface area contributed by atoms with Gasteiger partial charge < -0.3 is 14.4 Å². The monoisotopic (exact) mass is 401 g/mol. The summed E-state index contributed by atoms with van der Waals surface area (Å²) < 4.78 is 10.8. The molecule has 3 aromatic rings. The summed E-state index contributed by atoms with van der Waals surface area (Å²) in [5.41, 5.74) is 2.00. The van der Waals surface area contributed by atoms with Gasteiger partial charge >= 0.3 is 0 Å².